The molecule has 0 bridgehead atoms. The number of fused-ring (bicyclic) bond motifs is 1. The first kappa shape index (κ1) is 19.6. The summed E-state index contributed by atoms with van der Waals surface area (Å²) in [5.41, 5.74) is 5.22. The first-order valence-electron chi connectivity index (χ1n) is 10.1. The number of carbonyl (C=O) groups excluding carboxylic acids is 2. The van der Waals surface area contributed by atoms with Crippen LogP contribution in [0.5, 0.6) is 0 Å². The third kappa shape index (κ3) is 3.79. The maximum Gasteiger partial charge on any atom is 0.268 e. The molecule has 1 atom stereocenters. The fourth-order valence-corrected chi connectivity index (χ4v) is 4.85. The summed E-state index contributed by atoms with van der Waals surface area (Å²) >= 11 is 1.63. The molecule has 0 fully saturated rings. The highest BCUT2D eigenvalue weighted by atomic mass is 32.1. The van der Waals surface area contributed by atoms with Crippen LogP contribution in [0.25, 0.3) is 0 Å². The van der Waals surface area contributed by atoms with E-state index in [-0.39, 0.29) is 17.7 Å². The van der Waals surface area contributed by atoms with E-state index in [0.717, 1.165) is 40.1 Å². The van der Waals surface area contributed by atoms with Gasteiger partial charge < -0.3 is 10.3 Å². The van der Waals surface area contributed by atoms with E-state index in [1.807, 2.05) is 24.4 Å². The van der Waals surface area contributed by atoms with Gasteiger partial charge in [-0.3, -0.25) is 9.59 Å². The monoisotopic (exact) mass is 406 g/mol. The number of benzene rings is 1. The van der Waals surface area contributed by atoms with E-state index in [2.05, 4.69) is 48.4 Å². The Morgan fingerprint density at radius 2 is 1.83 bits per heavy atom. The quantitative estimate of drug-likeness (QED) is 0.584. The normalized spacial score (nSPS) is 14.7. The lowest BCUT2D eigenvalue weighted by atomic mass is 9.93. The number of hydrogen-bond acceptors (Lipinski definition) is 3. The molecule has 0 saturated carbocycles. The van der Waals surface area contributed by atoms with Crippen molar-refractivity contribution in [2.45, 2.75) is 52.0 Å². The highest BCUT2D eigenvalue weighted by Gasteiger charge is 2.28. The lowest BCUT2D eigenvalue weighted by Gasteiger charge is -2.19. The Morgan fingerprint density at radius 1 is 1.10 bits per heavy atom. The molecule has 5 heteroatoms. The first-order valence-corrected chi connectivity index (χ1v) is 11.0. The molecule has 1 amide bonds. The third-order valence-corrected chi connectivity index (χ3v) is 6.64. The Hall–Kier alpha value is -2.66. The van der Waals surface area contributed by atoms with Crippen molar-refractivity contribution in [3.8, 4) is 0 Å². The second-order valence-corrected chi connectivity index (χ2v) is 8.98. The van der Waals surface area contributed by atoms with Gasteiger partial charge in [-0.05, 0) is 53.8 Å². The molecule has 0 radical (unpaired) electrons. The lowest BCUT2D eigenvalue weighted by molar-refractivity contribution is 0.0937. The van der Waals surface area contributed by atoms with Crippen LogP contribution in [0.2, 0.25) is 0 Å². The summed E-state index contributed by atoms with van der Waals surface area (Å²) < 4.78 is 0. The molecule has 1 aliphatic rings. The van der Waals surface area contributed by atoms with E-state index in [1.165, 1.54) is 5.56 Å². The Kier molecular flexibility index (Phi) is 5.41. The van der Waals surface area contributed by atoms with E-state index in [0.29, 0.717) is 18.0 Å². The van der Waals surface area contributed by atoms with Crippen LogP contribution in [0.1, 0.15) is 86.8 Å². The number of aromatic amines is 1. The van der Waals surface area contributed by atoms with Crippen LogP contribution in [0, 0.1) is 6.92 Å². The van der Waals surface area contributed by atoms with Crippen molar-refractivity contribution >= 4 is 23.0 Å². The minimum atomic E-state index is -0.223. The van der Waals surface area contributed by atoms with Crippen LogP contribution < -0.4 is 5.32 Å². The number of aryl methyl sites for hydroxylation is 1. The zero-order valence-corrected chi connectivity index (χ0v) is 17.9. The maximum atomic E-state index is 13.2. The molecule has 3 aromatic rings. The summed E-state index contributed by atoms with van der Waals surface area (Å²) in [5.74, 6) is 0.429. The zero-order chi connectivity index (χ0) is 20.5. The number of nitrogens with one attached hydrogen (secondary N) is 2. The second kappa shape index (κ2) is 7.99. The van der Waals surface area contributed by atoms with Crippen LogP contribution in [0.4, 0.5) is 0 Å². The molecule has 150 valence electrons. The summed E-state index contributed by atoms with van der Waals surface area (Å²) in [5, 5.41) is 5.22. The fraction of sp³-hybridized carbons (Fsp3) is 0.333. The third-order valence-electron chi connectivity index (χ3n) is 5.70. The number of Topliss-reactive ketones (excluding diaryl/α,β-unsaturated/α-hetero) is 1. The van der Waals surface area contributed by atoms with Crippen molar-refractivity contribution in [3.63, 3.8) is 0 Å². The minimum Gasteiger partial charge on any atom is -0.354 e. The van der Waals surface area contributed by atoms with Gasteiger partial charge in [0.15, 0.2) is 5.78 Å². The summed E-state index contributed by atoms with van der Waals surface area (Å²) in [6.45, 7) is 6.21. The number of aromatic nitrogens is 1. The number of thiophene rings is 1. The summed E-state index contributed by atoms with van der Waals surface area (Å²) in [6.07, 6.45) is 2.22. The molecule has 0 saturated heterocycles. The zero-order valence-electron chi connectivity index (χ0n) is 17.0. The van der Waals surface area contributed by atoms with Crippen molar-refractivity contribution in [3.05, 3.63) is 80.3 Å². The number of H-pyrrole nitrogens is 1. The van der Waals surface area contributed by atoms with Crippen LogP contribution in [-0.2, 0) is 6.42 Å². The molecule has 0 aliphatic heterocycles. The van der Waals surface area contributed by atoms with Gasteiger partial charge in [0.2, 0.25) is 0 Å². The van der Waals surface area contributed by atoms with Gasteiger partial charge in [0.05, 0.1) is 6.04 Å². The SMILES string of the molecule is Cc1c(C(=O)NC(c2ccc(C(C)C)cc2)c2cccs2)[nH]c2c1C(=O)CCC2. The van der Waals surface area contributed by atoms with Crippen molar-refractivity contribution in [1.82, 2.24) is 10.3 Å². The van der Waals surface area contributed by atoms with E-state index < -0.39 is 0 Å². The van der Waals surface area contributed by atoms with Gasteiger partial charge in [-0.1, -0.05) is 44.2 Å². The molecule has 2 N–H and O–H groups in total. The molecule has 1 aliphatic carbocycles. The molecular formula is C24H26N2O2S. The molecule has 1 aromatic carbocycles. The predicted octanol–water partition coefficient (Wildman–Crippen LogP) is 5.55. The van der Waals surface area contributed by atoms with E-state index in [9.17, 15) is 9.59 Å². The Bertz CT molecular complexity index is 1030. The Morgan fingerprint density at radius 3 is 2.45 bits per heavy atom. The van der Waals surface area contributed by atoms with E-state index in [4.69, 9.17) is 0 Å². The van der Waals surface area contributed by atoms with Crippen molar-refractivity contribution in [2.75, 3.05) is 0 Å². The molecule has 2 aromatic heterocycles. The lowest BCUT2D eigenvalue weighted by Crippen LogP contribution is -2.29. The van der Waals surface area contributed by atoms with Crippen LogP contribution in [-0.4, -0.2) is 16.7 Å². The topological polar surface area (TPSA) is 62.0 Å². The van der Waals surface area contributed by atoms with Crippen molar-refractivity contribution in [1.29, 1.82) is 0 Å². The summed E-state index contributed by atoms with van der Waals surface area (Å²) in [6, 6.07) is 12.3. The Balaban J connectivity index is 1.65. The highest BCUT2D eigenvalue weighted by molar-refractivity contribution is 7.10. The number of rotatable bonds is 5. The Labute approximate surface area is 175 Å². The van der Waals surface area contributed by atoms with E-state index >= 15 is 0 Å². The average Bonchev–Trinajstić information content (AvgIpc) is 3.35. The van der Waals surface area contributed by atoms with Gasteiger partial charge in [-0.25, -0.2) is 0 Å². The minimum absolute atomic E-state index is 0.137. The molecule has 1 unspecified atom stereocenters. The predicted molar refractivity (Wildman–Crippen MR) is 117 cm³/mol. The van der Waals surface area contributed by atoms with Gasteiger partial charge >= 0.3 is 0 Å². The maximum absolute atomic E-state index is 13.2. The van der Waals surface area contributed by atoms with Crippen LogP contribution in [0.3, 0.4) is 0 Å². The van der Waals surface area contributed by atoms with Gasteiger partial charge in [-0.2, -0.15) is 0 Å². The largest absolute Gasteiger partial charge is 0.354 e. The van der Waals surface area contributed by atoms with Gasteiger partial charge in [-0.15, -0.1) is 11.3 Å². The molecule has 0 spiro atoms. The van der Waals surface area contributed by atoms with Crippen molar-refractivity contribution < 1.29 is 9.59 Å². The highest BCUT2D eigenvalue weighted by Crippen LogP contribution is 2.30. The number of ketones is 1. The van der Waals surface area contributed by atoms with Crippen molar-refractivity contribution in [2.24, 2.45) is 0 Å². The molecule has 4 rings (SSSR count). The van der Waals surface area contributed by atoms with Crippen LogP contribution in [0.15, 0.2) is 41.8 Å². The number of hydrogen-bond donors (Lipinski definition) is 2. The second-order valence-electron chi connectivity index (χ2n) is 8.00. The number of carbonyl (C=O) groups is 2. The average molecular weight is 407 g/mol. The smallest absolute Gasteiger partial charge is 0.268 e. The molecule has 29 heavy (non-hydrogen) atoms. The van der Waals surface area contributed by atoms with E-state index in [1.54, 1.807) is 11.3 Å². The summed E-state index contributed by atoms with van der Waals surface area (Å²) in [4.78, 5) is 29.8. The number of amides is 1. The molecule has 2 heterocycles. The van der Waals surface area contributed by atoms with Crippen LogP contribution >= 0.6 is 11.3 Å². The standard InChI is InChI=1S/C24H26N2O2S/c1-14(2)16-9-11-17(12-10-16)23(20-8-5-13-29-20)26-24(28)22-15(3)21-18(25-22)6-4-7-19(21)27/h5,8-14,23,25H,4,6-7H2,1-3H3,(H,26,28). The molecular weight excluding hydrogens is 380 g/mol. The first-order chi connectivity index (χ1) is 14.0. The van der Waals surface area contributed by atoms with Gasteiger partial charge in [0.25, 0.3) is 5.91 Å². The van der Waals surface area contributed by atoms with Gasteiger partial charge in [0, 0.05) is 22.6 Å². The van der Waals surface area contributed by atoms with Gasteiger partial charge in [0.1, 0.15) is 5.69 Å². The summed E-state index contributed by atoms with van der Waals surface area (Å²) in [7, 11) is 0. The fourth-order valence-electron chi connectivity index (χ4n) is 4.05. The molecule has 4 nitrogen and oxygen atoms in total.